The second kappa shape index (κ2) is 5.82. The van der Waals surface area contributed by atoms with Gasteiger partial charge in [-0.25, -0.2) is 0 Å². The number of aromatic nitrogens is 4. The van der Waals surface area contributed by atoms with E-state index in [4.69, 9.17) is 21.1 Å². The normalized spacial score (nSPS) is 12.2. The molecule has 24 heavy (non-hydrogen) atoms. The Bertz CT molecular complexity index is 910. The monoisotopic (exact) mass is 343 g/mol. The lowest BCUT2D eigenvalue weighted by Crippen LogP contribution is -2.14. The van der Waals surface area contributed by atoms with Crippen molar-refractivity contribution >= 4 is 23.2 Å². The highest BCUT2D eigenvalue weighted by Gasteiger charge is 2.17. The van der Waals surface area contributed by atoms with Gasteiger partial charge in [-0.15, -0.1) is 15.0 Å². The summed E-state index contributed by atoms with van der Waals surface area (Å²) < 4.78 is 10.5. The van der Waals surface area contributed by atoms with Crippen LogP contribution in [0.5, 0.6) is 11.5 Å². The van der Waals surface area contributed by atoms with Crippen LogP contribution in [-0.2, 0) is 0 Å². The van der Waals surface area contributed by atoms with Gasteiger partial charge in [0.2, 0.25) is 6.79 Å². The van der Waals surface area contributed by atoms with Gasteiger partial charge in [-0.1, -0.05) is 11.6 Å². The Morgan fingerprint density at radius 2 is 1.92 bits per heavy atom. The summed E-state index contributed by atoms with van der Waals surface area (Å²) in [6.45, 7) is 0.170. The van der Waals surface area contributed by atoms with E-state index >= 15 is 0 Å². The van der Waals surface area contributed by atoms with Gasteiger partial charge < -0.3 is 14.8 Å². The number of carbonyl (C=O) groups is 1. The van der Waals surface area contributed by atoms with Crippen molar-refractivity contribution in [3.8, 4) is 17.2 Å². The lowest BCUT2D eigenvalue weighted by atomic mass is 10.3. The van der Waals surface area contributed by atoms with Crippen LogP contribution in [0, 0.1) is 0 Å². The van der Waals surface area contributed by atoms with Gasteiger partial charge in [0.25, 0.3) is 11.7 Å². The van der Waals surface area contributed by atoms with Crippen LogP contribution in [0.3, 0.4) is 0 Å². The fourth-order valence-corrected chi connectivity index (χ4v) is 2.28. The van der Waals surface area contributed by atoms with Crippen LogP contribution in [0.1, 0.15) is 10.6 Å². The summed E-state index contributed by atoms with van der Waals surface area (Å²) in [5.74, 6) is 0.682. The van der Waals surface area contributed by atoms with Crippen molar-refractivity contribution in [2.24, 2.45) is 0 Å². The first-order valence-electron chi connectivity index (χ1n) is 6.96. The van der Waals surface area contributed by atoms with E-state index in [-0.39, 0.29) is 12.6 Å². The zero-order chi connectivity index (χ0) is 16.5. The lowest BCUT2D eigenvalue weighted by molar-refractivity contribution is 0.101. The molecule has 0 aliphatic carbocycles. The number of ether oxygens (including phenoxy) is 2. The number of nitrogens with one attached hydrogen (secondary N) is 1. The van der Waals surface area contributed by atoms with Gasteiger partial charge in [-0.2, -0.15) is 0 Å². The van der Waals surface area contributed by atoms with Gasteiger partial charge in [0.15, 0.2) is 11.5 Å². The highest BCUT2D eigenvalue weighted by Crippen LogP contribution is 2.34. The molecule has 3 aromatic rings. The Morgan fingerprint density at radius 3 is 2.75 bits per heavy atom. The number of hydrogen-bond acceptors (Lipinski definition) is 6. The van der Waals surface area contributed by atoms with Crippen molar-refractivity contribution in [3.63, 3.8) is 0 Å². The molecule has 0 saturated heterocycles. The van der Waals surface area contributed by atoms with Crippen LogP contribution in [0.15, 0.2) is 42.5 Å². The number of rotatable bonds is 3. The Kier molecular flexibility index (Phi) is 3.51. The van der Waals surface area contributed by atoms with Crippen molar-refractivity contribution < 1.29 is 14.3 Å². The Hall–Kier alpha value is -3.13. The summed E-state index contributed by atoms with van der Waals surface area (Å²) in [6, 6.07) is 11.9. The van der Waals surface area contributed by atoms with Crippen molar-refractivity contribution in [2.75, 3.05) is 12.1 Å². The molecule has 0 spiro atoms. The second-order valence-electron chi connectivity index (χ2n) is 4.90. The minimum absolute atomic E-state index is 0.0531. The van der Waals surface area contributed by atoms with Gasteiger partial charge in [-0.05, 0) is 41.6 Å². The average Bonchev–Trinajstić information content (AvgIpc) is 3.24. The summed E-state index contributed by atoms with van der Waals surface area (Å²) in [5, 5.41) is 15.0. The highest BCUT2D eigenvalue weighted by molar-refractivity contribution is 6.30. The fourth-order valence-electron chi connectivity index (χ4n) is 2.15. The van der Waals surface area contributed by atoms with Gasteiger partial charge in [0.05, 0.1) is 5.69 Å². The van der Waals surface area contributed by atoms with E-state index in [9.17, 15) is 4.79 Å². The Morgan fingerprint density at radius 1 is 1.12 bits per heavy atom. The molecule has 2 heterocycles. The number of hydrogen-bond donors (Lipinski definition) is 1. The molecule has 0 fully saturated rings. The van der Waals surface area contributed by atoms with E-state index in [0.29, 0.717) is 27.9 Å². The van der Waals surface area contributed by atoms with Crippen molar-refractivity contribution in [3.05, 3.63) is 53.3 Å². The first-order valence-corrected chi connectivity index (χ1v) is 7.34. The van der Waals surface area contributed by atoms with Gasteiger partial charge in [0.1, 0.15) is 0 Å². The quantitative estimate of drug-likeness (QED) is 0.784. The number of nitrogens with zero attached hydrogens (tertiary/aromatic N) is 4. The maximum atomic E-state index is 12.2. The van der Waals surface area contributed by atoms with E-state index in [1.165, 1.54) is 4.80 Å². The number of halogens is 1. The molecule has 1 N–H and O–H groups in total. The molecule has 8 nitrogen and oxygen atoms in total. The first-order chi connectivity index (χ1) is 11.7. The molecule has 1 aliphatic heterocycles. The zero-order valence-electron chi connectivity index (χ0n) is 12.1. The number of amides is 1. The third kappa shape index (κ3) is 2.74. The lowest BCUT2D eigenvalue weighted by Gasteiger charge is -2.03. The number of tetrazole rings is 1. The smallest absolute Gasteiger partial charge is 0.297 e. The number of carbonyl (C=O) groups excluding carboxylic acids is 1. The zero-order valence-corrected chi connectivity index (χ0v) is 12.9. The van der Waals surface area contributed by atoms with E-state index in [0.717, 1.165) is 0 Å². The molecule has 1 aromatic heterocycles. The molecule has 0 atom stereocenters. The molecule has 0 bridgehead atoms. The molecule has 1 amide bonds. The molecule has 120 valence electrons. The largest absolute Gasteiger partial charge is 0.454 e. The summed E-state index contributed by atoms with van der Waals surface area (Å²) in [7, 11) is 0. The third-order valence-corrected chi connectivity index (χ3v) is 3.56. The minimum Gasteiger partial charge on any atom is -0.454 e. The number of benzene rings is 2. The minimum atomic E-state index is -0.478. The van der Waals surface area contributed by atoms with Crippen LogP contribution in [0.4, 0.5) is 5.69 Å². The summed E-state index contributed by atoms with van der Waals surface area (Å²) in [4.78, 5) is 13.5. The standard InChI is InChI=1S/C15H10ClN5O3/c16-9-1-4-11(5-2-9)21-19-14(18-20-21)15(22)17-10-3-6-12-13(7-10)24-8-23-12/h1-7H,8H2,(H,17,22). The van der Waals surface area contributed by atoms with Crippen LogP contribution in [0.25, 0.3) is 5.69 Å². The van der Waals surface area contributed by atoms with Crippen LogP contribution in [-0.4, -0.2) is 32.9 Å². The van der Waals surface area contributed by atoms with Crippen molar-refractivity contribution in [2.45, 2.75) is 0 Å². The predicted octanol–water partition coefficient (Wildman–Crippen LogP) is 2.30. The number of anilines is 1. The van der Waals surface area contributed by atoms with Gasteiger partial charge >= 0.3 is 0 Å². The van der Waals surface area contributed by atoms with E-state index < -0.39 is 5.91 Å². The maximum absolute atomic E-state index is 12.2. The molecular formula is C15H10ClN5O3. The van der Waals surface area contributed by atoms with E-state index in [1.54, 1.807) is 42.5 Å². The molecule has 9 heteroatoms. The highest BCUT2D eigenvalue weighted by atomic mass is 35.5. The average molecular weight is 344 g/mol. The third-order valence-electron chi connectivity index (χ3n) is 3.30. The van der Waals surface area contributed by atoms with Crippen LogP contribution < -0.4 is 14.8 Å². The molecule has 0 radical (unpaired) electrons. The van der Waals surface area contributed by atoms with E-state index in [1.807, 2.05) is 0 Å². The Balaban J connectivity index is 1.52. The Labute approximate surface area is 140 Å². The summed E-state index contributed by atoms with van der Waals surface area (Å²) >= 11 is 5.84. The second-order valence-corrected chi connectivity index (χ2v) is 5.34. The first kappa shape index (κ1) is 14.5. The van der Waals surface area contributed by atoms with E-state index in [2.05, 4.69) is 20.7 Å². The van der Waals surface area contributed by atoms with Crippen molar-refractivity contribution in [1.29, 1.82) is 0 Å². The molecule has 0 saturated carbocycles. The fraction of sp³-hybridized carbons (Fsp3) is 0.0667. The molecule has 0 unspecified atom stereocenters. The van der Waals surface area contributed by atoms with Gasteiger partial charge in [0, 0.05) is 16.8 Å². The molecule has 1 aliphatic rings. The van der Waals surface area contributed by atoms with Crippen molar-refractivity contribution in [1.82, 2.24) is 20.2 Å². The summed E-state index contributed by atoms with van der Waals surface area (Å²) in [5.41, 5.74) is 1.20. The van der Waals surface area contributed by atoms with Gasteiger partial charge in [-0.3, -0.25) is 4.79 Å². The predicted molar refractivity (Wildman–Crippen MR) is 84.7 cm³/mol. The summed E-state index contributed by atoms with van der Waals surface area (Å²) in [6.07, 6.45) is 0. The van der Waals surface area contributed by atoms with Crippen LogP contribution >= 0.6 is 11.6 Å². The molecule has 4 rings (SSSR count). The topological polar surface area (TPSA) is 91.2 Å². The number of fused-ring (bicyclic) bond motifs is 1. The maximum Gasteiger partial charge on any atom is 0.297 e. The SMILES string of the molecule is O=C(Nc1ccc2c(c1)OCO2)c1nnn(-c2ccc(Cl)cc2)n1. The molecule has 2 aromatic carbocycles. The van der Waals surface area contributed by atoms with Crippen LogP contribution in [0.2, 0.25) is 5.02 Å². The molecular weight excluding hydrogens is 334 g/mol.